The zero-order valence-electron chi connectivity index (χ0n) is 22.5. The number of esters is 1. The van der Waals surface area contributed by atoms with Gasteiger partial charge in [-0.05, 0) is 99.6 Å². The molecule has 7 heteroatoms. The number of nitrogens with zero attached hydrogens (tertiary/aromatic N) is 1. The Hall–Kier alpha value is -3.92. The number of benzene rings is 2. The van der Waals surface area contributed by atoms with Gasteiger partial charge in [-0.2, -0.15) is 5.26 Å². The summed E-state index contributed by atoms with van der Waals surface area (Å²) in [6, 6.07) is 11.6. The molecule has 0 saturated carbocycles. The number of methoxy groups -OCH3 is 2. The molecule has 0 spiro atoms. The molecule has 0 amide bonds. The van der Waals surface area contributed by atoms with Crippen molar-refractivity contribution in [2.75, 3.05) is 34.0 Å². The minimum Gasteiger partial charge on any atom is -0.494 e. The highest BCUT2D eigenvalue weighted by molar-refractivity contribution is 5.90. The number of carbonyl (C=O) groups is 1. The van der Waals surface area contributed by atoms with Crippen molar-refractivity contribution in [3.05, 3.63) is 59.2 Å². The average molecular weight is 508 g/mol. The van der Waals surface area contributed by atoms with Crippen LogP contribution in [-0.2, 0) is 9.53 Å². The van der Waals surface area contributed by atoms with E-state index in [1.54, 1.807) is 27.2 Å². The predicted octanol–water partition coefficient (Wildman–Crippen LogP) is 6.53. The maximum Gasteiger partial charge on any atom is 0.333 e. The van der Waals surface area contributed by atoms with E-state index in [1.165, 1.54) is 0 Å². The molecular weight excluding hydrogens is 470 g/mol. The van der Waals surface area contributed by atoms with Crippen LogP contribution in [0.15, 0.2) is 42.5 Å². The Morgan fingerprint density at radius 1 is 0.973 bits per heavy atom. The fourth-order valence-corrected chi connectivity index (χ4v) is 3.63. The molecule has 37 heavy (non-hydrogen) atoms. The lowest BCUT2D eigenvalue weighted by molar-refractivity contribution is -0.139. The van der Waals surface area contributed by atoms with Gasteiger partial charge >= 0.3 is 5.97 Å². The molecule has 2 rings (SSSR count). The second-order valence-corrected chi connectivity index (χ2v) is 8.52. The topological polar surface area (TPSA) is 87.0 Å². The maximum atomic E-state index is 11.4. The van der Waals surface area contributed by atoms with Crippen LogP contribution in [0.1, 0.15) is 56.2 Å². The third kappa shape index (κ3) is 8.91. The number of aryl methyl sites for hydroxylation is 1. The monoisotopic (exact) mass is 507 g/mol. The minimum absolute atomic E-state index is 0.350. The van der Waals surface area contributed by atoms with Crippen molar-refractivity contribution < 1.29 is 28.5 Å². The molecular formula is C30H37NO6. The van der Waals surface area contributed by atoms with E-state index in [-0.39, 0.29) is 5.97 Å². The second kappa shape index (κ2) is 15.2. The number of nitriles is 1. The quantitative estimate of drug-likeness (QED) is 0.0890. The highest BCUT2D eigenvalue weighted by atomic mass is 16.5. The number of rotatable bonds is 15. The van der Waals surface area contributed by atoms with Gasteiger partial charge in [0.05, 0.1) is 45.7 Å². The van der Waals surface area contributed by atoms with Crippen molar-refractivity contribution in [1.82, 2.24) is 0 Å². The van der Waals surface area contributed by atoms with E-state index in [0.717, 1.165) is 48.1 Å². The first-order valence-corrected chi connectivity index (χ1v) is 12.4. The summed E-state index contributed by atoms with van der Waals surface area (Å²) in [5.74, 6) is 2.03. The minimum atomic E-state index is -0.350. The summed E-state index contributed by atoms with van der Waals surface area (Å²) < 4.78 is 27.9. The van der Waals surface area contributed by atoms with E-state index in [4.69, 9.17) is 23.7 Å². The smallest absolute Gasteiger partial charge is 0.333 e. The third-order valence-electron chi connectivity index (χ3n) is 5.57. The Kier molecular flexibility index (Phi) is 12.1. The van der Waals surface area contributed by atoms with Gasteiger partial charge in [-0.25, -0.2) is 4.79 Å². The first-order valence-electron chi connectivity index (χ1n) is 12.4. The molecule has 0 unspecified atom stereocenters. The Bertz CT molecular complexity index is 1120. The average Bonchev–Trinajstić information content (AvgIpc) is 2.89. The number of ether oxygens (including phenoxy) is 5. The van der Waals surface area contributed by atoms with Gasteiger partial charge in [0, 0.05) is 5.57 Å². The van der Waals surface area contributed by atoms with E-state index in [1.807, 2.05) is 44.2 Å². The van der Waals surface area contributed by atoms with E-state index in [2.05, 4.69) is 12.6 Å². The van der Waals surface area contributed by atoms with Gasteiger partial charge in [0.25, 0.3) is 0 Å². The van der Waals surface area contributed by atoms with Crippen LogP contribution in [0.5, 0.6) is 23.0 Å². The van der Waals surface area contributed by atoms with Crippen molar-refractivity contribution in [2.24, 2.45) is 0 Å². The highest BCUT2D eigenvalue weighted by Gasteiger charge is 2.15. The Labute approximate surface area is 220 Å². The molecule has 7 nitrogen and oxygen atoms in total. The molecule has 0 saturated heterocycles. The molecule has 2 aromatic rings. The summed E-state index contributed by atoms with van der Waals surface area (Å²) in [7, 11) is 3.14. The van der Waals surface area contributed by atoms with Gasteiger partial charge in [-0.1, -0.05) is 6.58 Å². The van der Waals surface area contributed by atoms with Crippen molar-refractivity contribution in [3.63, 3.8) is 0 Å². The van der Waals surface area contributed by atoms with Crippen LogP contribution in [0.4, 0.5) is 0 Å². The van der Waals surface area contributed by atoms with Gasteiger partial charge in [0.2, 0.25) is 5.75 Å². The van der Waals surface area contributed by atoms with Crippen LogP contribution in [0, 0.1) is 18.3 Å². The van der Waals surface area contributed by atoms with Crippen LogP contribution in [0.25, 0.3) is 11.6 Å². The zero-order valence-corrected chi connectivity index (χ0v) is 22.5. The molecule has 0 N–H and O–H groups in total. The number of carbonyl (C=O) groups excluding carboxylic acids is 1. The van der Waals surface area contributed by atoms with Gasteiger partial charge in [0.15, 0.2) is 11.5 Å². The summed E-state index contributed by atoms with van der Waals surface area (Å²) in [6.45, 7) is 10.6. The van der Waals surface area contributed by atoms with Crippen LogP contribution >= 0.6 is 0 Å². The molecule has 0 fully saturated rings. The summed E-state index contributed by atoms with van der Waals surface area (Å²) in [5.41, 5.74) is 3.45. The van der Waals surface area contributed by atoms with Gasteiger partial charge < -0.3 is 23.7 Å². The Balaban J connectivity index is 2.06. The normalized spacial score (nSPS) is 10.9. The first-order chi connectivity index (χ1) is 17.8. The summed E-state index contributed by atoms with van der Waals surface area (Å²) in [4.78, 5) is 11.4. The lowest BCUT2D eigenvalue weighted by Crippen LogP contribution is -2.06. The largest absolute Gasteiger partial charge is 0.494 e. The molecule has 0 heterocycles. The molecule has 0 aliphatic rings. The van der Waals surface area contributed by atoms with Crippen LogP contribution in [-0.4, -0.2) is 40.0 Å². The van der Waals surface area contributed by atoms with Gasteiger partial charge in [-0.3, -0.25) is 0 Å². The van der Waals surface area contributed by atoms with Crippen LogP contribution in [0.2, 0.25) is 0 Å². The van der Waals surface area contributed by atoms with Crippen LogP contribution in [0.3, 0.4) is 0 Å². The fraction of sp³-hybridized carbons (Fsp3) is 0.400. The van der Waals surface area contributed by atoms with Gasteiger partial charge in [0.1, 0.15) is 5.75 Å². The predicted molar refractivity (Wildman–Crippen MR) is 145 cm³/mol. The maximum absolute atomic E-state index is 11.4. The van der Waals surface area contributed by atoms with E-state index >= 15 is 0 Å². The van der Waals surface area contributed by atoms with E-state index < -0.39 is 0 Å². The number of allylic oxidation sites excluding steroid dienone is 1. The number of unbranched alkanes of at least 4 members (excludes halogenated alkanes) is 3. The summed E-state index contributed by atoms with van der Waals surface area (Å²) in [5, 5.41) is 9.82. The Morgan fingerprint density at radius 2 is 1.62 bits per heavy atom. The molecule has 0 aromatic heterocycles. The highest BCUT2D eigenvalue weighted by Crippen LogP contribution is 2.39. The number of hydrogen-bond acceptors (Lipinski definition) is 7. The lowest BCUT2D eigenvalue weighted by atomic mass is 10.0. The molecule has 198 valence electrons. The molecule has 2 aromatic carbocycles. The third-order valence-corrected chi connectivity index (χ3v) is 5.57. The first kappa shape index (κ1) is 29.3. The zero-order chi connectivity index (χ0) is 27.2. The van der Waals surface area contributed by atoms with E-state index in [0.29, 0.717) is 48.2 Å². The molecule has 0 radical (unpaired) electrons. The fourth-order valence-electron chi connectivity index (χ4n) is 3.63. The molecule has 0 atom stereocenters. The molecule has 0 aliphatic carbocycles. The second-order valence-electron chi connectivity index (χ2n) is 8.52. The summed E-state index contributed by atoms with van der Waals surface area (Å²) in [6.07, 6.45) is 5.28. The standard InChI is InChI=1S/C30H37NO6/c1-7-35-26-13-12-24(16-22(26)4)25(20-31)17-23-18-27(33-5)29(28(19-23)34-6)36-14-10-8-9-11-15-37-30(32)21(2)3/h12-13,16-19H,2,7-11,14-15H2,1,3-6H3. The molecule has 0 bridgehead atoms. The van der Waals surface area contributed by atoms with Crippen LogP contribution < -0.4 is 18.9 Å². The van der Waals surface area contributed by atoms with Crippen molar-refractivity contribution in [2.45, 2.75) is 46.5 Å². The van der Waals surface area contributed by atoms with E-state index in [9.17, 15) is 10.1 Å². The SMILES string of the molecule is C=C(C)C(=O)OCCCCCCOc1c(OC)cc(C=C(C#N)c2ccc(OCC)c(C)c2)cc1OC. The number of hydrogen-bond donors (Lipinski definition) is 0. The Morgan fingerprint density at radius 3 is 2.16 bits per heavy atom. The van der Waals surface area contributed by atoms with Crippen molar-refractivity contribution in [1.29, 1.82) is 5.26 Å². The lowest BCUT2D eigenvalue weighted by Gasteiger charge is -2.15. The van der Waals surface area contributed by atoms with Crippen molar-refractivity contribution in [3.8, 4) is 29.1 Å². The van der Waals surface area contributed by atoms with Gasteiger partial charge in [-0.15, -0.1) is 0 Å². The van der Waals surface area contributed by atoms with Crippen molar-refractivity contribution >= 4 is 17.6 Å². The molecule has 0 aliphatic heterocycles. The summed E-state index contributed by atoms with van der Waals surface area (Å²) >= 11 is 0.